The van der Waals surface area contributed by atoms with E-state index >= 15 is 0 Å². The van der Waals surface area contributed by atoms with Gasteiger partial charge in [-0.3, -0.25) is 4.90 Å². The molecule has 1 unspecified atom stereocenters. The van der Waals surface area contributed by atoms with Gasteiger partial charge >= 0.3 is 5.97 Å². The van der Waals surface area contributed by atoms with Crippen molar-refractivity contribution >= 4 is 40.5 Å². The molecule has 6 nitrogen and oxygen atoms in total. The summed E-state index contributed by atoms with van der Waals surface area (Å²) in [5.41, 5.74) is 0.790. The number of piperazine rings is 1. The van der Waals surface area contributed by atoms with E-state index in [1.807, 2.05) is 0 Å². The van der Waals surface area contributed by atoms with Crippen LogP contribution in [0.2, 0.25) is 10.0 Å². The van der Waals surface area contributed by atoms with Gasteiger partial charge in [-0.2, -0.15) is 0 Å². The second kappa shape index (κ2) is 9.97. The van der Waals surface area contributed by atoms with Gasteiger partial charge in [0.05, 0.1) is 29.5 Å². The van der Waals surface area contributed by atoms with Crippen molar-refractivity contribution in [3.05, 3.63) is 57.8 Å². The number of hydrogen-bond donors (Lipinski definition) is 1. The summed E-state index contributed by atoms with van der Waals surface area (Å²) in [6.07, 6.45) is 0. The second-order valence-corrected chi connectivity index (χ2v) is 8.79. The van der Waals surface area contributed by atoms with Gasteiger partial charge in [0.25, 0.3) is 0 Å². The lowest BCUT2D eigenvalue weighted by molar-refractivity contribution is -0.139. The molecule has 0 bridgehead atoms. The van der Waals surface area contributed by atoms with Crippen molar-refractivity contribution < 1.29 is 23.6 Å². The fraction of sp³-hybridized carbons (Fsp3) is 0.316. The molecule has 0 saturated carbocycles. The molecule has 1 N–H and O–H groups in total. The molecule has 1 aliphatic heterocycles. The lowest BCUT2D eigenvalue weighted by Crippen LogP contribution is -2.48. The van der Waals surface area contributed by atoms with Gasteiger partial charge in [0.1, 0.15) is 11.6 Å². The zero-order valence-corrected chi connectivity index (χ0v) is 17.6. The predicted molar refractivity (Wildman–Crippen MR) is 109 cm³/mol. The zero-order chi connectivity index (χ0) is 21.0. The van der Waals surface area contributed by atoms with Crippen LogP contribution >= 0.6 is 23.2 Å². The van der Waals surface area contributed by atoms with Crippen LogP contribution < -0.4 is 4.74 Å². The molecule has 1 heterocycles. The molecule has 0 aromatic heterocycles. The lowest BCUT2D eigenvalue weighted by atomic mass is 10.1. The van der Waals surface area contributed by atoms with Crippen LogP contribution in [0, 0.1) is 5.82 Å². The molecule has 0 aliphatic carbocycles. The van der Waals surface area contributed by atoms with E-state index in [4.69, 9.17) is 33.0 Å². The van der Waals surface area contributed by atoms with Gasteiger partial charge in [0.15, 0.2) is 11.5 Å². The molecular formula is C19H19Cl2FN2O4S. The molecule has 2 aromatic carbocycles. The van der Waals surface area contributed by atoms with Crippen LogP contribution in [0.5, 0.6) is 5.75 Å². The molecular weight excluding hydrogens is 442 g/mol. The van der Waals surface area contributed by atoms with Crippen LogP contribution in [-0.4, -0.2) is 57.6 Å². The summed E-state index contributed by atoms with van der Waals surface area (Å²) in [4.78, 5) is 13.4. The van der Waals surface area contributed by atoms with Crippen molar-refractivity contribution in [2.24, 2.45) is 0 Å². The SMILES string of the molecule is O=C(O)COc1ccc(Cl)cc1CN1CCN([S+]([O-])c2ccc(F)c(Cl)c2)CC1. The molecule has 0 amide bonds. The summed E-state index contributed by atoms with van der Waals surface area (Å²) in [7, 11) is 0. The first-order valence-electron chi connectivity index (χ1n) is 8.81. The Bertz CT molecular complexity index is 881. The fourth-order valence-electron chi connectivity index (χ4n) is 2.98. The van der Waals surface area contributed by atoms with Gasteiger partial charge in [-0.1, -0.05) is 23.2 Å². The van der Waals surface area contributed by atoms with Gasteiger partial charge in [-0.15, -0.1) is 4.31 Å². The minimum absolute atomic E-state index is 0.0515. The van der Waals surface area contributed by atoms with E-state index in [0.29, 0.717) is 48.4 Å². The summed E-state index contributed by atoms with van der Waals surface area (Å²) in [5, 5.41) is 9.31. The number of nitrogens with zero attached hydrogens (tertiary/aromatic N) is 2. The number of rotatable bonds is 7. The average Bonchev–Trinajstić information content (AvgIpc) is 2.69. The third-order valence-electron chi connectivity index (χ3n) is 4.43. The van der Waals surface area contributed by atoms with Gasteiger partial charge in [-0.25, -0.2) is 9.18 Å². The van der Waals surface area contributed by atoms with E-state index in [9.17, 15) is 13.7 Å². The Hall–Kier alpha value is -1.55. The highest BCUT2D eigenvalue weighted by molar-refractivity contribution is 7.89. The molecule has 1 fully saturated rings. The number of halogens is 3. The molecule has 1 atom stereocenters. The lowest BCUT2D eigenvalue weighted by Gasteiger charge is -2.34. The normalized spacial score (nSPS) is 16.6. The quantitative estimate of drug-likeness (QED) is 0.637. The Morgan fingerprint density at radius 1 is 1.17 bits per heavy atom. The highest BCUT2D eigenvalue weighted by Gasteiger charge is 2.28. The maximum Gasteiger partial charge on any atom is 0.341 e. The Kier molecular flexibility index (Phi) is 7.61. The van der Waals surface area contributed by atoms with Crippen LogP contribution in [0.25, 0.3) is 0 Å². The number of aliphatic carboxylic acids is 1. The monoisotopic (exact) mass is 460 g/mol. The van der Waals surface area contributed by atoms with Crippen molar-refractivity contribution in [2.45, 2.75) is 11.4 Å². The summed E-state index contributed by atoms with van der Waals surface area (Å²) in [6.45, 7) is 2.48. The maximum absolute atomic E-state index is 13.3. The van der Waals surface area contributed by atoms with E-state index in [1.54, 1.807) is 22.5 Å². The smallest absolute Gasteiger partial charge is 0.341 e. The number of hydrogen-bond acceptors (Lipinski definition) is 5. The minimum Gasteiger partial charge on any atom is -0.593 e. The standard InChI is InChI=1S/C19H19Cl2FN2O4S/c20-14-1-4-18(28-12-19(25)26)13(9-14)11-23-5-7-24(8-6-23)29(27)15-2-3-17(22)16(21)10-15/h1-4,9-10H,5-8,11-12H2,(H,25,26). The first-order chi connectivity index (χ1) is 13.8. The van der Waals surface area contributed by atoms with Crippen LogP contribution in [0.4, 0.5) is 4.39 Å². The highest BCUT2D eigenvalue weighted by atomic mass is 35.5. The largest absolute Gasteiger partial charge is 0.593 e. The Labute approximate surface area is 181 Å². The summed E-state index contributed by atoms with van der Waals surface area (Å²) in [5.74, 6) is -1.12. The van der Waals surface area contributed by atoms with Crippen LogP contribution in [0.3, 0.4) is 0 Å². The van der Waals surface area contributed by atoms with Crippen molar-refractivity contribution in [1.82, 2.24) is 9.21 Å². The molecule has 156 valence electrons. The Morgan fingerprint density at radius 3 is 2.55 bits per heavy atom. The molecule has 0 spiro atoms. The molecule has 10 heteroatoms. The number of carbonyl (C=O) groups is 1. The molecule has 29 heavy (non-hydrogen) atoms. The molecule has 3 rings (SSSR count). The van der Waals surface area contributed by atoms with Crippen molar-refractivity contribution in [3.8, 4) is 5.75 Å². The zero-order valence-electron chi connectivity index (χ0n) is 15.3. The number of benzene rings is 2. The maximum atomic E-state index is 13.3. The Morgan fingerprint density at radius 2 is 1.90 bits per heavy atom. The second-order valence-electron chi connectivity index (χ2n) is 6.46. The summed E-state index contributed by atoms with van der Waals surface area (Å²) in [6, 6.07) is 9.13. The van der Waals surface area contributed by atoms with Crippen LogP contribution in [-0.2, 0) is 22.7 Å². The van der Waals surface area contributed by atoms with E-state index in [1.165, 1.54) is 18.2 Å². The van der Waals surface area contributed by atoms with Crippen molar-refractivity contribution in [1.29, 1.82) is 0 Å². The first kappa shape index (κ1) is 22.1. The number of carboxylic acid groups (broad SMARTS) is 1. The van der Waals surface area contributed by atoms with E-state index in [-0.39, 0.29) is 5.02 Å². The van der Waals surface area contributed by atoms with Gasteiger partial charge in [-0.05, 0) is 30.3 Å². The van der Waals surface area contributed by atoms with Gasteiger partial charge in [0, 0.05) is 36.3 Å². The van der Waals surface area contributed by atoms with E-state index < -0.39 is 29.8 Å². The van der Waals surface area contributed by atoms with Crippen LogP contribution in [0.1, 0.15) is 5.56 Å². The fourth-order valence-corrected chi connectivity index (χ4v) is 4.62. The predicted octanol–water partition coefficient (Wildman–Crippen LogP) is 3.44. The van der Waals surface area contributed by atoms with Crippen LogP contribution in [0.15, 0.2) is 41.3 Å². The molecule has 0 radical (unpaired) electrons. The van der Waals surface area contributed by atoms with Crippen molar-refractivity contribution in [2.75, 3.05) is 32.8 Å². The first-order valence-corrected chi connectivity index (χ1v) is 10.7. The van der Waals surface area contributed by atoms with Gasteiger partial charge < -0.3 is 14.4 Å². The number of carboxylic acids is 1. The molecule has 1 aliphatic rings. The molecule has 1 saturated heterocycles. The average molecular weight is 461 g/mol. The molecule has 2 aromatic rings. The minimum atomic E-state index is -1.42. The third-order valence-corrected chi connectivity index (χ3v) is 6.44. The van der Waals surface area contributed by atoms with E-state index in [0.717, 1.165) is 5.56 Å². The highest BCUT2D eigenvalue weighted by Crippen LogP contribution is 2.26. The van der Waals surface area contributed by atoms with Crippen molar-refractivity contribution in [3.63, 3.8) is 0 Å². The third kappa shape index (κ3) is 5.97. The topological polar surface area (TPSA) is 76.1 Å². The summed E-state index contributed by atoms with van der Waals surface area (Å²) >= 11 is 10.4. The Balaban J connectivity index is 1.60. The summed E-state index contributed by atoms with van der Waals surface area (Å²) < 4.78 is 33.2. The number of ether oxygens (including phenoxy) is 1. The van der Waals surface area contributed by atoms with Gasteiger partial charge in [0.2, 0.25) is 0 Å². The van der Waals surface area contributed by atoms with E-state index in [2.05, 4.69) is 4.90 Å².